The smallest absolute Gasteiger partial charge is 0.248 e. The quantitative estimate of drug-likeness (QED) is 0.830. The van der Waals surface area contributed by atoms with Gasteiger partial charge in [-0.25, -0.2) is 0 Å². The number of hydrogen-bond acceptors (Lipinski definition) is 3. The minimum atomic E-state index is -0.773. The van der Waals surface area contributed by atoms with Gasteiger partial charge >= 0.3 is 0 Å². The summed E-state index contributed by atoms with van der Waals surface area (Å²) in [5.74, 6) is 0.0998. The fourth-order valence-electron chi connectivity index (χ4n) is 4.34. The minimum Gasteiger partial charge on any atom is -0.340 e. The highest BCUT2D eigenvalue weighted by Crippen LogP contribution is 2.34. The molecular formula is C16H27N3O2. The summed E-state index contributed by atoms with van der Waals surface area (Å²) >= 11 is 0. The monoisotopic (exact) mass is 293 g/mol. The van der Waals surface area contributed by atoms with E-state index >= 15 is 0 Å². The molecule has 3 rings (SSSR count). The van der Waals surface area contributed by atoms with Gasteiger partial charge in [0.15, 0.2) is 0 Å². The highest BCUT2D eigenvalue weighted by molar-refractivity contribution is 5.99. The van der Waals surface area contributed by atoms with E-state index < -0.39 is 5.54 Å². The molecule has 3 fully saturated rings. The summed E-state index contributed by atoms with van der Waals surface area (Å²) in [4.78, 5) is 29.8. The van der Waals surface area contributed by atoms with Crippen LogP contribution in [-0.4, -0.2) is 58.4 Å². The van der Waals surface area contributed by atoms with Crippen molar-refractivity contribution >= 4 is 11.8 Å². The van der Waals surface area contributed by atoms with Crippen molar-refractivity contribution in [3.8, 4) is 0 Å². The number of nitrogens with one attached hydrogen (secondary N) is 1. The molecule has 3 unspecified atom stereocenters. The molecule has 3 aliphatic heterocycles. The fraction of sp³-hybridized carbons (Fsp3) is 0.875. The average molecular weight is 293 g/mol. The van der Waals surface area contributed by atoms with Crippen LogP contribution in [0, 0.1) is 0 Å². The van der Waals surface area contributed by atoms with E-state index in [0.717, 1.165) is 25.9 Å². The van der Waals surface area contributed by atoms with Crippen LogP contribution in [0.5, 0.6) is 0 Å². The van der Waals surface area contributed by atoms with Crippen LogP contribution >= 0.6 is 0 Å². The summed E-state index contributed by atoms with van der Waals surface area (Å²) in [5.41, 5.74) is -0.773. The number of piperidine rings is 1. The molecule has 118 valence electrons. The predicted molar refractivity (Wildman–Crippen MR) is 80.8 cm³/mol. The number of fused-ring (bicyclic) bond motifs is 1. The molecule has 0 spiro atoms. The van der Waals surface area contributed by atoms with Gasteiger partial charge in [-0.3, -0.25) is 14.5 Å². The van der Waals surface area contributed by atoms with Crippen molar-refractivity contribution in [2.24, 2.45) is 0 Å². The van der Waals surface area contributed by atoms with Crippen LogP contribution in [0.15, 0.2) is 0 Å². The van der Waals surface area contributed by atoms with Gasteiger partial charge in [0.05, 0.1) is 0 Å². The lowest BCUT2D eigenvalue weighted by molar-refractivity contribution is -0.157. The van der Waals surface area contributed by atoms with Gasteiger partial charge in [0, 0.05) is 18.6 Å². The number of nitrogens with zero attached hydrogens (tertiary/aromatic N) is 2. The van der Waals surface area contributed by atoms with Crippen molar-refractivity contribution in [1.29, 1.82) is 0 Å². The van der Waals surface area contributed by atoms with Gasteiger partial charge < -0.3 is 10.2 Å². The largest absolute Gasteiger partial charge is 0.340 e. The summed E-state index contributed by atoms with van der Waals surface area (Å²) in [7, 11) is 0. The maximum Gasteiger partial charge on any atom is 0.248 e. The van der Waals surface area contributed by atoms with Gasteiger partial charge in [-0.05, 0) is 46.1 Å². The topological polar surface area (TPSA) is 52.7 Å². The predicted octanol–water partition coefficient (Wildman–Crippen LogP) is 1.13. The van der Waals surface area contributed by atoms with Crippen LogP contribution in [0.1, 0.15) is 52.9 Å². The van der Waals surface area contributed by atoms with Gasteiger partial charge in [0.25, 0.3) is 0 Å². The Morgan fingerprint density at radius 2 is 1.90 bits per heavy atom. The maximum atomic E-state index is 12.9. The SMILES string of the molecule is CCC1C(=O)NC(C)(C)C(=O)N1C1CCN2CCCCC12. The van der Waals surface area contributed by atoms with Crippen LogP contribution in [0.25, 0.3) is 0 Å². The van der Waals surface area contributed by atoms with Crippen LogP contribution in [0.2, 0.25) is 0 Å². The van der Waals surface area contributed by atoms with Gasteiger partial charge in [-0.1, -0.05) is 13.3 Å². The molecule has 0 aromatic carbocycles. The molecule has 1 N–H and O–H groups in total. The molecule has 0 aromatic heterocycles. The van der Waals surface area contributed by atoms with E-state index in [-0.39, 0.29) is 23.9 Å². The molecule has 5 nitrogen and oxygen atoms in total. The van der Waals surface area contributed by atoms with Gasteiger partial charge in [0.2, 0.25) is 11.8 Å². The Morgan fingerprint density at radius 3 is 2.62 bits per heavy atom. The molecule has 0 aromatic rings. The number of amides is 2. The number of piperazine rings is 1. The zero-order valence-electron chi connectivity index (χ0n) is 13.4. The zero-order chi connectivity index (χ0) is 15.2. The molecule has 21 heavy (non-hydrogen) atoms. The molecule has 3 heterocycles. The van der Waals surface area contributed by atoms with E-state index in [1.165, 1.54) is 12.8 Å². The standard InChI is InChI=1S/C16H27N3O2/c1-4-11-14(20)17-16(2,3)15(21)19(11)13-8-10-18-9-6-5-7-12(13)18/h11-13H,4-10H2,1-3H3,(H,17,20). The van der Waals surface area contributed by atoms with Gasteiger partial charge in [-0.15, -0.1) is 0 Å². The first-order valence-electron chi connectivity index (χ1n) is 8.34. The van der Waals surface area contributed by atoms with Crippen LogP contribution < -0.4 is 5.32 Å². The van der Waals surface area contributed by atoms with E-state index in [2.05, 4.69) is 10.2 Å². The third-order valence-electron chi connectivity index (χ3n) is 5.41. The number of rotatable bonds is 2. The van der Waals surface area contributed by atoms with Crippen molar-refractivity contribution in [3.05, 3.63) is 0 Å². The Hall–Kier alpha value is -1.10. The second-order valence-electron chi connectivity index (χ2n) is 7.21. The lowest BCUT2D eigenvalue weighted by Crippen LogP contribution is -2.71. The van der Waals surface area contributed by atoms with Crippen molar-refractivity contribution in [2.45, 2.75) is 76.5 Å². The molecular weight excluding hydrogens is 266 g/mol. The van der Waals surface area contributed by atoms with Crippen molar-refractivity contribution in [3.63, 3.8) is 0 Å². The van der Waals surface area contributed by atoms with Crippen LogP contribution in [0.3, 0.4) is 0 Å². The fourth-order valence-corrected chi connectivity index (χ4v) is 4.34. The Kier molecular flexibility index (Phi) is 3.72. The number of carbonyl (C=O) groups is 2. The van der Waals surface area contributed by atoms with Crippen molar-refractivity contribution in [2.75, 3.05) is 13.1 Å². The summed E-state index contributed by atoms with van der Waals surface area (Å²) < 4.78 is 0. The molecule has 3 saturated heterocycles. The first-order valence-corrected chi connectivity index (χ1v) is 8.34. The third-order valence-corrected chi connectivity index (χ3v) is 5.41. The molecule has 0 radical (unpaired) electrons. The van der Waals surface area contributed by atoms with Crippen LogP contribution in [-0.2, 0) is 9.59 Å². The van der Waals surface area contributed by atoms with E-state index in [0.29, 0.717) is 12.5 Å². The lowest BCUT2D eigenvalue weighted by Gasteiger charge is -2.47. The molecule has 3 atom stereocenters. The second kappa shape index (κ2) is 5.27. The van der Waals surface area contributed by atoms with Crippen molar-refractivity contribution in [1.82, 2.24) is 15.1 Å². The first-order chi connectivity index (χ1) is 9.95. The summed E-state index contributed by atoms with van der Waals surface area (Å²) in [5, 5.41) is 2.89. The minimum absolute atomic E-state index is 0.0105. The Labute approximate surface area is 127 Å². The Bertz CT molecular complexity index is 449. The summed E-state index contributed by atoms with van der Waals surface area (Å²) in [6.45, 7) is 7.85. The third kappa shape index (κ3) is 2.35. The molecule has 5 heteroatoms. The molecule has 0 saturated carbocycles. The van der Waals surface area contributed by atoms with Gasteiger partial charge in [-0.2, -0.15) is 0 Å². The number of hydrogen-bond donors (Lipinski definition) is 1. The van der Waals surface area contributed by atoms with E-state index in [1.807, 2.05) is 25.7 Å². The Morgan fingerprint density at radius 1 is 1.14 bits per heavy atom. The van der Waals surface area contributed by atoms with E-state index in [1.54, 1.807) is 0 Å². The van der Waals surface area contributed by atoms with Crippen LogP contribution in [0.4, 0.5) is 0 Å². The summed E-state index contributed by atoms with van der Waals surface area (Å²) in [6.07, 6.45) is 5.37. The Balaban J connectivity index is 1.89. The zero-order valence-corrected chi connectivity index (χ0v) is 13.4. The van der Waals surface area contributed by atoms with Gasteiger partial charge in [0.1, 0.15) is 11.6 Å². The van der Waals surface area contributed by atoms with E-state index in [9.17, 15) is 9.59 Å². The average Bonchev–Trinajstić information content (AvgIpc) is 2.86. The molecule has 0 aliphatic carbocycles. The highest BCUT2D eigenvalue weighted by atomic mass is 16.2. The molecule has 2 amide bonds. The normalized spacial score (nSPS) is 36.5. The van der Waals surface area contributed by atoms with E-state index in [4.69, 9.17) is 0 Å². The highest BCUT2D eigenvalue weighted by Gasteiger charge is 2.51. The second-order valence-corrected chi connectivity index (χ2v) is 7.21. The molecule has 3 aliphatic rings. The first kappa shape index (κ1) is 14.8. The lowest BCUT2D eigenvalue weighted by atomic mass is 9.90. The summed E-state index contributed by atoms with van der Waals surface area (Å²) in [6, 6.07) is 0.379. The molecule has 0 bridgehead atoms. The maximum absolute atomic E-state index is 12.9. The number of carbonyl (C=O) groups excluding carboxylic acids is 2. The van der Waals surface area contributed by atoms with Crippen molar-refractivity contribution < 1.29 is 9.59 Å².